The number of aryl methyl sites for hydroxylation is 1. The number of nitrogens with one attached hydrogen (secondary N) is 1. The maximum atomic E-state index is 12.6. The van der Waals surface area contributed by atoms with Crippen LogP contribution >= 0.6 is 15.9 Å². The van der Waals surface area contributed by atoms with Gasteiger partial charge in [0.2, 0.25) is 0 Å². The zero-order valence-electron chi connectivity index (χ0n) is 14.2. The first-order chi connectivity index (χ1) is 12.1. The zero-order chi connectivity index (χ0) is 17.8. The number of hydrogen-bond acceptors (Lipinski definition) is 3. The summed E-state index contributed by atoms with van der Waals surface area (Å²) < 4.78 is 4.64. The van der Waals surface area contributed by atoms with Gasteiger partial charge in [-0.15, -0.1) is 0 Å². The van der Waals surface area contributed by atoms with Crippen molar-refractivity contribution in [2.75, 3.05) is 0 Å². The van der Waals surface area contributed by atoms with Crippen molar-refractivity contribution >= 4 is 21.8 Å². The van der Waals surface area contributed by atoms with E-state index in [1.54, 1.807) is 12.4 Å². The molecular weight excluding hydrogens is 382 g/mol. The average molecular weight is 402 g/mol. The van der Waals surface area contributed by atoms with E-state index in [0.717, 1.165) is 22.3 Å². The molecule has 1 amide bonds. The highest BCUT2D eigenvalue weighted by Gasteiger charge is 2.15. The molecule has 130 valence electrons. The fourth-order valence-corrected chi connectivity index (χ4v) is 3.08. The lowest BCUT2D eigenvalue weighted by Crippen LogP contribution is -2.28. The van der Waals surface area contributed by atoms with Crippen LogP contribution in [0.5, 0.6) is 0 Å². The number of carbonyl (C=O) groups is 1. The third-order valence-electron chi connectivity index (χ3n) is 3.98. The first-order valence-electron chi connectivity index (χ1n) is 8.16. The molecule has 2 heterocycles. The maximum Gasteiger partial charge on any atom is 0.251 e. The maximum absolute atomic E-state index is 12.6. The second-order valence-electron chi connectivity index (χ2n) is 5.82. The van der Waals surface area contributed by atoms with Gasteiger partial charge in [-0.3, -0.25) is 14.2 Å². The molecule has 7 heteroatoms. The fourth-order valence-electron chi connectivity index (χ4n) is 2.75. The Morgan fingerprint density at radius 3 is 2.88 bits per heavy atom. The fraction of sp³-hybridized carbons (Fsp3) is 0.278. The molecule has 3 aromatic rings. The Labute approximate surface area is 155 Å². The van der Waals surface area contributed by atoms with Crippen molar-refractivity contribution in [3.05, 3.63) is 70.2 Å². The molecule has 6 nitrogen and oxygen atoms in total. The first kappa shape index (κ1) is 17.4. The molecule has 0 saturated carbocycles. The lowest BCUT2D eigenvalue weighted by molar-refractivity contribution is 0.0938. The number of benzene rings is 1. The van der Waals surface area contributed by atoms with Gasteiger partial charge in [0.15, 0.2) is 0 Å². The number of nitrogens with zero attached hydrogens (tertiary/aromatic N) is 4. The van der Waals surface area contributed by atoms with E-state index in [-0.39, 0.29) is 11.9 Å². The van der Waals surface area contributed by atoms with E-state index in [4.69, 9.17) is 0 Å². The average Bonchev–Trinajstić information content (AvgIpc) is 3.23. The van der Waals surface area contributed by atoms with Gasteiger partial charge in [0.25, 0.3) is 5.91 Å². The Morgan fingerprint density at radius 1 is 1.32 bits per heavy atom. The highest BCUT2D eigenvalue weighted by molar-refractivity contribution is 9.10. The quantitative estimate of drug-likeness (QED) is 0.688. The molecule has 0 aliphatic rings. The Kier molecular flexibility index (Phi) is 5.33. The number of aromatic nitrogens is 4. The molecule has 1 aromatic carbocycles. The van der Waals surface area contributed by atoms with Gasteiger partial charge in [-0.05, 0) is 53.5 Å². The minimum Gasteiger partial charge on any atom is -0.344 e. The van der Waals surface area contributed by atoms with Crippen LogP contribution < -0.4 is 5.32 Å². The predicted octanol–water partition coefficient (Wildman–Crippen LogP) is 3.40. The van der Waals surface area contributed by atoms with E-state index in [2.05, 4.69) is 31.4 Å². The van der Waals surface area contributed by atoms with Gasteiger partial charge in [0.1, 0.15) is 0 Å². The van der Waals surface area contributed by atoms with Gasteiger partial charge in [-0.25, -0.2) is 0 Å². The number of hydrogen-bond donors (Lipinski definition) is 1. The van der Waals surface area contributed by atoms with E-state index in [9.17, 15) is 4.79 Å². The van der Waals surface area contributed by atoms with Crippen LogP contribution in [0.2, 0.25) is 0 Å². The van der Waals surface area contributed by atoms with E-state index in [0.29, 0.717) is 12.1 Å². The van der Waals surface area contributed by atoms with Crippen LogP contribution in [0.25, 0.3) is 0 Å². The molecule has 1 unspecified atom stereocenters. The Hall–Kier alpha value is -2.41. The standard InChI is InChI=1S/C18H20BrN5O/c1-3-24-17(7-8-20-24)13(2)22-18(25)15-6-4-5-14(9-15)11-23-12-16(19)10-21-23/h4-10,12-13H,3,11H2,1-2H3,(H,22,25). The number of halogens is 1. The van der Waals surface area contributed by atoms with Gasteiger partial charge in [0, 0.05) is 24.5 Å². The second-order valence-corrected chi connectivity index (χ2v) is 6.74. The summed E-state index contributed by atoms with van der Waals surface area (Å²) in [6, 6.07) is 9.42. The number of rotatable bonds is 6. The van der Waals surface area contributed by atoms with Gasteiger partial charge in [-0.2, -0.15) is 10.2 Å². The molecule has 25 heavy (non-hydrogen) atoms. The Bertz CT molecular complexity index is 870. The van der Waals surface area contributed by atoms with Crippen molar-refractivity contribution in [1.29, 1.82) is 0 Å². The van der Waals surface area contributed by atoms with E-state index in [1.165, 1.54) is 0 Å². The molecule has 1 N–H and O–H groups in total. The SMILES string of the molecule is CCn1nccc1C(C)NC(=O)c1cccc(Cn2cc(Br)cn2)c1. The van der Waals surface area contributed by atoms with Crippen LogP contribution in [0, 0.1) is 0 Å². The smallest absolute Gasteiger partial charge is 0.251 e. The van der Waals surface area contributed by atoms with Crippen molar-refractivity contribution < 1.29 is 4.79 Å². The van der Waals surface area contributed by atoms with Crippen molar-refractivity contribution in [3.8, 4) is 0 Å². The van der Waals surface area contributed by atoms with Gasteiger partial charge in [0.05, 0.1) is 29.0 Å². The van der Waals surface area contributed by atoms with Crippen LogP contribution in [0.3, 0.4) is 0 Å². The summed E-state index contributed by atoms with van der Waals surface area (Å²) in [5, 5.41) is 11.5. The topological polar surface area (TPSA) is 64.7 Å². The van der Waals surface area contributed by atoms with Crippen LogP contribution in [0.4, 0.5) is 0 Å². The summed E-state index contributed by atoms with van der Waals surface area (Å²) in [6.07, 6.45) is 5.40. The van der Waals surface area contributed by atoms with Gasteiger partial charge in [-0.1, -0.05) is 12.1 Å². The largest absolute Gasteiger partial charge is 0.344 e. The molecule has 2 aromatic heterocycles. The summed E-state index contributed by atoms with van der Waals surface area (Å²) >= 11 is 3.39. The minimum absolute atomic E-state index is 0.0974. The molecule has 1 atom stereocenters. The summed E-state index contributed by atoms with van der Waals surface area (Å²) in [4.78, 5) is 12.6. The Balaban J connectivity index is 1.70. The van der Waals surface area contributed by atoms with Crippen LogP contribution in [0.15, 0.2) is 53.4 Å². The lowest BCUT2D eigenvalue weighted by Gasteiger charge is -2.15. The molecular formula is C18H20BrN5O. The van der Waals surface area contributed by atoms with Crippen molar-refractivity contribution in [3.63, 3.8) is 0 Å². The van der Waals surface area contributed by atoms with Gasteiger partial charge >= 0.3 is 0 Å². The van der Waals surface area contributed by atoms with Crippen molar-refractivity contribution in [2.24, 2.45) is 0 Å². The molecule has 0 aliphatic carbocycles. The minimum atomic E-state index is -0.110. The lowest BCUT2D eigenvalue weighted by atomic mass is 10.1. The molecule has 0 radical (unpaired) electrons. The van der Waals surface area contributed by atoms with Crippen molar-refractivity contribution in [1.82, 2.24) is 24.9 Å². The normalized spacial score (nSPS) is 12.1. The first-order valence-corrected chi connectivity index (χ1v) is 8.95. The summed E-state index contributed by atoms with van der Waals surface area (Å²) in [5.41, 5.74) is 2.65. The van der Waals surface area contributed by atoms with E-state index >= 15 is 0 Å². The van der Waals surface area contributed by atoms with Crippen LogP contribution in [0.1, 0.15) is 41.5 Å². The predicted molar refractivity (Wildman–Crippen MR) is 99.3 cm³/mol. The highest BCUT2D eigenvalue weighted by Crippen LogP contribution is 2.14. The third-order valence-corrected chi connectivity index (χ3v) is 4.39. The van der Waals surface area contributed by atoms with Gasteiger partial charge < -0.3 is 5.32 Å². The number of amides is 1. The third kappa shape index (κ3) is 4.17. The summed E-state index contributed by atoms with van der Waals surface area (Å²) in [5.74, 6) is -0.0974. The molecule has 0 saturated heterocycles. The van der Waals surface area contributed by atoms with E-state index < -0.39 is 0 Å². The monoisotopic (exact) mass is 401 g/mol. The summed E-state index contributed by atoms with van der Waals surface area (Å²) in [6.45, 7) is 5.39. The molecule has 0 fully saturated rings. The van der Waals surface area contributed by atoms with Crippen LogP contribution in [-0.4, -0.2) is 25.5 Å². The Morgan fingerprint density at radius 2 is 2.16 bits per heavy atom. The molecule has 0 spiro atoms. The van der Waals surface area contributed by atoms with Crippen molar-refractivity contribution in [2.45, 2.75) is 33.0 Å². The molecule has 3 rings (SSSR count). The summed E-state index contributed by atoms with van der Waals surface area (Å²) in [7, 11) is 0. The molecule has 0 aliphatic heterocycles. The molecule has 0 bridgehead atoms. The van der Waals surface area contributed by atoms with E-state index in [1.807, 2.05) is 59.7 Å². The second kappa shape index (κ2) is 7.65. The zero-order valence-corrected chi connectivity index (χ0v) is 15.8. The van der Waals surface area contributed by atoms with Crippen LogP contribution in [-0.2, 0) is 13.1 Å². The highest BCUT2D eigenvalue weighted by atomic mass is 79.9. The number of carbonyl (C=O) groups excluding carboxylic acids is 1.